The van der Waals surface area contributed by atoms with E-state index in [-0.39, 0.29) is 23.5 Å². The molecule has 32 heavy (non-hydrogen) atoms. The Labute approximate surface area is 191 Å². The molecule has 1 N–H and O–H groups in total. The second-order valence-corrected chi connectivity index (χ2v) is 8.46. The van der Waals surface area contributed by atoms with Gasteiger partial charge in [0.1, 0.15) is 19.3 Å². The van der Waals surface area contributed by atoms with Gasteiger partial charge in [-0.3, -0.25) is 14.4 Å². The number of likely N-dealkylation sites (tertiary alicyclic amines) is 1. The van der Waals surface area contributed by atoms with Gasteiger partial charge in [-0.05, 0) is 62.2 Å². The lowest BCUT2D eigenvalue weighted by Gasteiger charge is -2.33. The summed E-state index contributed by atoms with van der Waals surface area (Å²) >= 11 is 5.85. The molecule has 1 unspecified atom stereocenters. The molecule has 2 amide bonds. The molecule has 2 aromatic rings. The predicted octanol–water partition coefficient (Wildman–Crippen LogP) is 3.35. The summed E-state index contributed by atoms with van der Waals surface area (Å²) < 4.78 is 11.1. The summed E-state index contributed by atoms with van der Waals surface area (Å²) in [7, 11) is 0. The van der Waals surface area contributed by atoms with Crippen LogP contribution in [0.2, 0.25) is 5.02 Å². The molecule has 0 bridgehead atoms. The van der Waals surface area contributed by atoms with E-state index in [2.05, 4.69) is 5.32 Å². The third kappa shape index (κ3) is 4.88. The van der Waals surface area contributed by atoms with E-state index in [0.29, 0.717) is 66.8 Å². The van der Waals surface area contributed by atoms with Gasteiger partial charge < -0.3 is 19.7 Å². The molecular weight excluding hydrogens is 432 g/mol. The Morgan fingerprint density at radius 1 is 0.969 bits per heavy atom. The number of nitrogens with zero attached hydrogens (tertiary/aromatic N) is 1. The van der Waals surface area contributed by atoms with Crippen molar-refractivity contribution in [3.63, 3.8) is 0 Å². The number of carbonyl (C=O) groups excluding carboxylic acids is 3. The maximum atomic E-state index is 13.0. The Morgan fingerprint density at radius 2 is 1.59 bits per heavy atom. The number of ether oxygens (including phenoxy) is 2. The van der Waals surface area contributed by atoms with Crippen LogP contribution in [0.3, 0.4) is 0 Å². The third-order valence-electron chi connectivity index (χ3n) is 5.83. The van der Waals surface area contributed by atoms with E-state index in [0.717, 1.165) is 0 Å². The van der Waals surface area contributed by atoms with Crippen LogP contribution in [-0.2, 0) is 4.79 Å². The Bertz CT molecular complexity index is 1020. The van der Waals surface area contributed by atoms with Crippen molar-refractivity contribution in [2.45, 2.75) is 25.8 Å². The van der Waals surface area contributed by atoms with E-state index in [4.69, 9.17) is 21.1 Å². The summed E-state index contributed by atoms with van der Waals surface area (Å²) in [6.45, 7) is 3.59. The summed E-state index contributed by atoms with van der Waals surface area (Å²) in [5.41, 5.74) is 1.04. The number of piperidine rings is 1. The fourth-order valence-electron chi connectivity index (χ4n) is 4.01. The quantitative estimate of drug-likeness (QED) is 0.697. The van der Waals surface area contributed by atoms with Crippen molar-refractivity contribution in [2.75, 3.05) is 26.3 Å². The number of halogens is 1. The maximum Gasteiger partial charge on any atom is 0.251 e. The van der Waals surface area contributed by atoms with Gasteiger partial charge in [0.2, 0.25) is 5.91 Å². The lowest BCUT2D eigenvalue weighted by Crippen LogP contribution is -2.49. The number of nitrogens with one attached hydrogen (secondary N) is 1. The highest BCUT2D eigenvalue weighted by molar-refractivity contribution is 6.30. The summed E-state index contributed by atoms with van der Waals surface area (Å²) in [6.07, 6.45) is 1.16. The number of hydrogen-bond acceptors (Lipinski definition) is 5. The van der Waals surface area contributed by atoms with E-state index >= 15 is 0 Å². The fraction of sp³-hybridized carbons (Fsp3) is 0.375. The van der Waals surface area contributed by atoms with Crippen LogP contribution >= 0.6 is 11.6 Å². The summed E-state index contributed by atoms with van der Waals surface area (Å²) in [5, 5.41) is 3.28. The Balaban J connectivity index is 1.30. The zero-order valence-corrected chi connectivity index (χ0v) is 18.6. The Hall–Kier alpha value is -3.06. The molecule has 4 rings (SSSR count). The van der Waals surface area contributed by atoms with Crippen molar-refractivity contribution in [3.05, 3.63) is 58.6 Å². The van der Waals surface area contributed by atoms with Gasteiger partial charge >= 0.3 is 0 Å². The Kier molecular flexibility index (Phi) is 6.65. The molecule has 1 atom stereocenters. The minimum absolute atomic E-state index is 0.0539. The second-order valence-electron chi connectivity index (χ2n) is 8.02. The summed E-state index contributed by atoms with van der Waals surface area (Å²) in [5.74, 6) is 0.672. The average molecular weight is 457 g/mol. The van der Waals surface area contributed by atoms with Crippen LogP contribution < -0.4 is 14.8 Å². The van der Waals surface area contributed by atoms with E-state index in [1.807, 2.05) is 0 Å². The molecular formula is C24H25ClN2O5. The van der Waals surface area contributed by atoms with Crippen molar-refractivity contribution < 1.29 is 23.9 Å². The van der Waals surface area contributed by atoms with Crippen LogP contribution in [0.4, 0.5) is 0 Å². The molecule has 168 valence electrons. The molecule has 2 aliphatic rings. The van der Waals surface area contributed by atoms with Gasteiger partial charge in [-0.2, -0.15) is 0 Å². The van der Waals surface area contributed by atoms with Crippen molar-refractivity contribution in [2.24, 2.45) is 5.92 Å². The molecule has 2 heterocycles. The van der Waals surface area contributed by atoms with Crippen LogP contribution in [-0.4, -0.2) is 54.8 Å². The van der Waals surface area contributed by atoms with Crippen LogP contribution in [0.25, 0.3) is 0 Å². The van der Waals surface area contributed by atoms with Crippen molar-refractivity contribution in [1.82, 2.24) is 10.2 Å². The summed E-state index contributed by atoms with van der Waals surface area (Å²) in [4.78, 5) is 39.8. The molecule has 0 aromatic heterocycles. The van der Waals surface area contributed by atoms with Gasteiger partial charge in [0.25, 0.3) is 5.91 Å². The smallest absolute Gasteiger partial charge is 0.251 e. The van der Waals surface area contributed by atoms with E-state index in [9.17, 15) is 14.4 Å². The van der Waals surface area contributed by atoms with Crippen LogP contribution in [0.1, 0.15) is 40.5 Å². The molecule has 2 aromatic carbocycles. The number of carbonyl (C=O) groups is 3. The molecule has 7 nitrogen and oxygen atoms in total. The lowest BCUT2D eigenvalue weighted by atomic mass is 9.88. The third-order valence-corrected chi connectivity index (χ3v) is 6.08. The van der Waals surface area contributed by atoms with Crippen molar-refractivity contribution in [3.8, 4) is 11.5 Å². The minimum Gasteiger partial charge on any atom is -0.486 e. The SMILES string of the molecule is CC(NC(=O)c1ccc(Cl)cc1)C(=O)N1CCC(C(=O)c2ccc3c(c2)OCCO3)CC1. The number of benzene rings is 2. The normalized spacial score (nSPS) is 16.9. The number of amides is 2. The van der Waals surface area contributed by atoms with E-state index in [1.54, 1.807) is 54.3 Å². The van der Waals surface area contributed by atoms with Gasteiger partial charge in [0.15, 0.2) is 17.3 Å². The van der Waals surface area contributed by atoms with Gasteiger partial charge in [0.05, 0.1) is 0 Å². The molecule has 0 spiro atoms. The Morgan fingerprint density at radius 3 is 2.28 bits per heavy atom. The molecule has 0 aliphatic carbocycles. The number of fused-ring (bicyclic) bond motifs is 1. The van der Waals surface area contributed by atoms with Gasteiger partial charge in [-0.15, -0.1) is 0 Å². The van der Waals surface area contributed by atoms with Crippen LogP contribution in [0.15, 0.2) is 42.5 Å². The number of Topliss-reactive ketones (excluding diaryl/α,β-unsaturated/α-hetero) is 1. The molecule has 8 heteroatoms. The van der Waals surface area contributed by atoms with E-state index in [1.165, 1.54) is 0 Å². The monoisotopic (exact) mass is 456 g/mol. The second kappa shape index (κ2) is 9.61. The first-order valence-corrected chi connectivity index (χ1v) is 11.1. The first kappa shape index (κ1) is 22.1. The van der Waals surface area contributed by atoms with Crippen LogP contribution in [0, 0.1) is 5.92 Å². The highest BCUT2D eigenvalue weighted by Crippen LogP contribution is 2.32. The van der Waals surface area contributed by atoms with Gasteiger partial charge in [-0.25, -0.2) is 0 Å². The average Bonchev–Trinajstić information content (AvgIpc) is 2.83. The summed E-state index contributed by atoms with van der Waals surface area (Å²) in [6, 6.07) is 11.1. The minimum atomic E-state index is -0.664. The lowest BCUT2D eigenvalue weighted by molar-refractivity contribution is -0.134. The maximum absolute atomic E-state index is 13.0. The molecule has 1 fully saturated rings. The number of ketones is 1. The largest absolute Gasteiger partial charge is 0.486 e. The molecule has 1 saturated heterocycles. The van der Waals surface area contributed by atoms with Gasteiger partial charge in [-0.1, -0.05) is 11.6 Å². The molecule has 0 radical (unpaired) electrons. The van der Waals surface area contributed by atoms with Crippen molar-refractivity contribution >= 4 is 29.2 Å². The highest BCUT2D eigenvalue weighted by atomic mass is 35.5. The first-order valence-electron chi connectivity index (χ1n) is 10.7. The fourth-order valence-corrected chi connectivity index (χ4v) is 4.14. The van der Waals surface area contributed by atoms with Crippen LogP contribution in [0.5, 0.6) is 11.5 Å². The van der Waals surface area contributed by atoms with E-state index < -0.39 is 6.04 Å². The zero-order chi connectivity index (χ0) is 22.7. The standard InChI is InChI=1S/C24H25ClN2O5/c1-15(26-23(29)17-2-5-19(25)6-3-17)24(30)27-10-8-16(9-11-27)22(28)18-4-7-20-21(14-18)32-13-12-31-20/h2-7,14-16H,8-13H2,1H3,(H,26,29). The topological polar surface area (TPSA) is 84.9 Å². The predicted molar refractivity (Wildman–Crippen MR) is 119 cm³/mol. The number of hydrogen-bond donors (Lipinski definition) is 1. The molecule has 0 saturated carbocycles. The first-order chi connectivity index (χ1) is 15.4. The molecule has 2 aliphatic heterocycles. The van der Waals surface area contributed by atoms with Crippen molar-refractivity contribution in [1.29, 1.82) is 0 Å². The van der Waals surface area contributed by atoms with Gasteiger partial charge in [0, 0.05) is 35.2 Å². The number of rotatable bonds is 5. The highest BCUT2D eigenvalue weighted by Gasteiger charge is 2.31. The zero-order valence-electron chi connectivity index (χ0n) is 17.8.